The number of benzene rings is 2. The van der Waals surface area contributed by atoms with Crippen LogP contribution in [-0.4, -0.2) is 35.1 Å². The zero-order valence-corrected chi connectivity index (χ0v) is 18.3. The molecule has 2 aromatic carbocycles. The maximum Gasteiger partial charge on any atom is 0.294 e. The molecule has 0 atom stereocenters. The van der Waals surface area contributed by atoms with E-state index in [0.29, 0.717) is 18.0 Å². The molecule has 1 N–H and O–H groups in total. The van der Waals surface area contributed by atoms with E-state index in [1.807, 2.05) is 32.0 Å². The average Bonchev–Trinajstić information content (AvgIpc) is 2.93. The predicted octanol–water partition coefficient (Wildman–Crippen LogP) is 4.83. The number of carbonyl (C=O) groups excluding carboxylic acids is 3. The van der Waals surface area contributed by atoms with E-state index >= 15 is 0 Å². The minimum atomic E-state index is -0.482. The Morgan fingerprint density at radius 1 is 1.21 bits per heavy atom. The molecule has 150 valence electrons. The lowest BCUT2D eigenvalue weighted by molar-refractivity contribution is -0.127. The number of rotatable bonds is 6. The second-order valence-electron chi connectivity index (χ2n) is 6.30. The third kappa shape index (κ3) is 5.27. The lowest BCUT2D eigenvalue weighted by Crippen LogP contribution is -2.36. The fraction of sp³-hybridized carbons (Fsp3) is 0.190. The number of ether oxygens (including phenoxy) is 1. The highest BCUT2D eigenvalue weighted by atomic mass is 79.9. The second kappa shape index (κ2) is 9.28. The molecule has 1 heterocycles. The Labute approximate surface area is 181 Å². The Bertz CT molecular complexity index is 989. The normalized spacial score (nSPS) is 15.1. The molecule has 1 aliphatic rings. The van der Waals surface area contributed by atoms with Crippen molar-refractivity contribution < 1.29 is 19.1 Å². The van der Waals surface area contributed by atoms with Gasteiger partial charge in [0.15, 0.2) is 0 Å². The number of hydrogen-bond donors (Lipinski definition) is 1. The summed E-state index contributed by atoms with van der Waals surface area (Å²) < 4.78 is 6.22. The second-order valence-corrected chi connectivity index (χ2v) is 8.15. The molecule has 0 radical (unpaired) electrons. The van der Waals surface area contributed by atoms with Gasteiger partial charge in [-0.25, -0.2) is 0 Å². The minimum Gasteiger partial charge on any atom is -0.493 e. The van der Waals surface area contributed by atoms with Crippen LogP contribution in [0.2, 0.25) is 0 Å². The van der Waals surface area contributed by atoms with Crippen LogP contribution in [0.4, 0.5) is 10.5 Å². The molecule has 1 fully saturated rings. The maximum absolute atomic E-state index is 12.6. The van der Waals surface area contributed by atoms with Crippen LogP contribution in [0.1, 0.15) is 18.1 Å². The molecule has 0 aliphatic carbocycles. The Kier molecular flexibility index (Phi) is 6.76. The van der Waals surface area contributed by atoms with Crippen molar-refractivity contribution >= 4 is 56.5 Å². The smallest absolute Gasteiger partial charge is 0.294 e. The van der Waals surface area contributed by atoms with Crippen LogP contribution in [-0.2, 0) is 9.59 Å². The average molecular weight is 475 g/mol. The molecule has 6 nitrogen and oxygen atoms in total. The van der Waals surface area contributed by atoms with Gasteiger partial charge >= 0.3 is 0 Å². The van der Waals surface area contributed by atoms with Crippen LogP contribution in [0.15, 0.2) is 51.8 Å². The highest BCUT2D eigenvalue weighted by Gasteiger charge is 2.36. The van der Waals surface area contributed by atoms with Gasteiger partial charge in [0.1, 0.15) is 12.3 Å². The molecule has 3 rings (SSSR count). The van der Waals surface area contributed by atoms with Crippen molar-refractivity contribution in [1.82, 2.24) is 4.90 Å². The van der Waals surface area contributed by atoms with Crippen LogP contribution in [0, 0.1) is 6.92 Å². The van der Waals surface area contributed by atoms with Crippen LogP contribution in [0.25, 0.3) is 6.08 Å². The Balaban J connectivity index is 1.69. The maximum atomic E-state index is 12.6. The first-order valence-electron chi connectivity index (χ1n) is 8.91. The summed E-state index contributed by atoms with van der Waals surface area (Å²) in [6.45, 7) is 4.05. The van der Waals surface area contributed by atoms with Gasteiger partial charge in [-0.15, -0.1) is 0 Å². The zero-order chi connectivity index (χ0) is 21.0. The van der Waals surface area contributed by atoms with Crippen molar-refractivity contribution in [3.8, 4) is 5.75 Å². The molecule has 1 saturated heterocycles. The highest BCUT2D eigenvalue weighted by Crippen LogP contribution is 2.33. The van der Waals surface area contributed by atoms with E-state index in [9.17, 15) is 14.4 Å². The van der Waals surface area contributed by atoms with Crippen molar-refractivity contribution in [2.24, 2.45) is 0 Å². The molecule has 0 aromatic heterocycles. The number of nitrogens with zero attached hydrogens (tertiary/aromatic N) is 1. The highest BCUT2D eigenvalue weighted by molar-refractivity contribution is 9.10. The summed E-state index contributed by atoms with van der Waals surface area (Å²) in [5.41, 5.74) is 2.43. The van der Waals surface area contributed by atoms with Gasteiger partial charge in [0.05, 0.1) is 16.0 Å². The van der Waals surface area contributed by atoms with Gasteiger partial charge in [-0.3, -0.25) is 19.3 Å². The van der Waals surface area contributed by atoms with E-state index in [4.69, 9.17) is 4.74 Å². The Hall–Kier alpha value is -2.58. The molecular formula is C21H19BrN2O4S. The van der Waals surface area contributed by atoms with E-state index in [-0.39, 0.29) is 11.4 Å². The molecule has 0 spiro atoms. The number of anilines is 1. The van der Waals surface area contributed by atoms with Gasteiger partial charge in [0, 0.05) is 5.69 Å². The number of carbonyl (C=O) groups is 3. The van der Waals surface area contributed by atoms with Gasteiger partial charge in [0.2, 0.25) is 5.91 Å². The van der Waals surface area contributed by atoms with Crippen molar-refractivity contribution in [3.05, 3.63) is 63.0 Å². The summed E-state index contributed by atoms with van der Waals surface area (Å²) in [5, 5.41) is 2.23. The largest absolute Gasteiger partial charge is 0.493 e. The summed E-state index contributed by atoms with van der Waals surface area (Å²) in [7, 11) is 0. The molecular weight excluding hydrogens is 456 g/mol. The number of thioether (sulfide) groups is 1. The lowest BCUT2D eigenvalue weighted by Gasteiger charge is -2.12. The first-order chi connectivity index (χ1) is 13.9. The van der Waals surface area contributed by atoms with Gasteiger partial charge in [-0.2, -0.15) is 0 Å². The van der Waals surface area contributed by atoms with Crippen LogP contribution < -0.4 is 10.1 Å². The molecule has 2 aromatic rings. The standard InChI is InChI=1S/C21H19BrN2O4S/c1-3-28-17-9-6-14(10-16(17)22)11-18-20(26)24(21(27)29-18)12-19(25)23-15-7-4-13(2)5-8-15/h4-11H,3,12H2,1-2H3,(H,23,25). The summed E-state index contributed by atoms with van der Waals surface area (Å²) >= 11 is 4.25. The molecule has 3 amide bonds. The first kappa shape index (κ1) is 21.1. The van der Waals surface area contributed by atoms with Crippen molar-refractivity contribution in [3.63, 3.8) is 0 Å². The number of hydrogen-bond acceptors (Lipinski definition) is 5. The van der Waals surface area contributed by atoms with E-state index < -0.39 is 17.1 Å². The molecule has 0 bridgehead atoms. The summed E-state index contributed by atoms with van der Waals surface area (Å²) in [6.07, 6.45) is 1.63. The molecule has 1 aliphatic heterocycles. The Morgan fingerprint density at radius 2 is 1.93 bits per heavy atom. The fourth-order valence-electron chi connectivity index (χ4n) is 2.65. The van der Waals surface area contributed by atoms with Crippen LogP contribution >= 0.6 is 27.7 Å². The van der Waals surface area contributed by atoms with Crippen LogP contribution in [0.5, 0.6) is 5.75 Å². The zero-order valence-electron chi connectivity index (χ0n) is 15.9. The monoisotopic (exact) mass is 474 g/mol. The topological polar surface area (TPSA) is 75.7 Å². The Morgan fingerprint density at radius 3 is 2.59 bits per heavy atom. The number of aryl methyl sites for hydroxylation is 1. The summed E-state index contributed by atoms with van der Waals surface area (Å²) in [6, 6.07) is 12.7. The first-order valence-corrected chi connectivity index (χ1v) is 10.5. The fourth-order valence-corrected chi connectivity index (χ4v) is 4.00. The molecule has 0 unspecified atom stereocenters. The molecule has 29 heavy (non-hydrogen) atoms. The quantitative estimate of drug-likeness (QED) is 0.606. The van der Waals surface area contributed by atoms with E-state index in [1.165, 1.54) is 0 Å². The minimum absolute atomic E-state index is 0.272. The molecule has 0 saturated carbocycles. The lowest BCUT2D eigenvalue weighted by atomic mass is 10.2. The number of halogens is 1. The summed E-state index contributed by atoms with van der Waals surface area (Å²) in [5.74, 6) is -0.212. The third-order valence-corrected chi connectivity index (χ3v) is 5.59. The van der Waals surface area contributed by atoms with Crippen molar-refractivity contribution in [1.29, 1.82) is 0 Å². The van der Waals surface area contributed by atoms with Crippen molar-refractivity contribution in [2.75, 3.05) is 18.5 Å². The van der Waals surface area contributed by atoms with Gasteiger partial charge in [0.25, 0.3) is 11.1 Å². The number of amides is 3. The SMILES string of the molecule is CCOc1ccc(C=C2SC(=O)N(CC(=O)Nc3ccc(C)cc3)C2=O)cc1Br. The van der Waals surface area contributed by atoms with E-state index in [2.05, 4.69) is 21.2 Å². The number of nitrogens with one attached hydrogen (secondary N) is 1. The predicted molar refractivity (Wildman–Crippen MR) is 118 cm³/mol. The third-order valence-electron chi connectivity index (χ3n) is 4.06. The van der Waals surface area contributed by atoms with Crippen LogP contribution in [0.3, 0.4) is 0 Å². The van der Waals surface area contributed by atoms with Gasteiger partial charge < -0.3 is 10.1 Å². The van der Waals surface area contributed by atoms with Gasteiger partial charge in [-0.1, -0.05) is 23.8 Å². The van der Waals surface area contributed by atoms with Gasteiger partial charge in [-0.05, 0) is 77.4 Å². The number of imide groups is 1. The molecule has 8 heteroatoms. The van der Waals surface area contributed by atoms with Crippen molar-refractivity contribution in [2.45, 2.75) is 13.8 Å². The van der Waals surface area contributed by atoms with E-state index in [0.717, 1.165) is 32.3 Å². The van der Waals surface area contributed by atoms with E-state index in [1.54, 1.807) is 30.3 Å². The summed E-state index contributed by atoms with van der Waals surface area (Å²) in [4.78, 5) is 38.3.